The van der Waals surface area contributed by atoms with E-state index in [9.17, 15) is 9.90 Å². The molecule has 0 spiro atoms. The minimum atomic E-state index is -0.611. The second-order valence-corrected chi connectivity index (χ2v) is 8.80. The fourth-order valence-electron chi connectivity index (χ4n) is 5.87. The third-order valence-corrected chi connectivity index (χ3v) is 6.16. The first-order chi connectivity index (χ1) is 10.8. The highest BCUT2D eigenvalue weighted by Gasteiger charge is 2.60. The predicted octanol–water partition coefficient (Wildman–Crippen LogP) is 1.65. The molecule has 4 rings (SSSR count). The standard InChI is InChI=1S/C18H29N3O2/c1-12(2)10-21(4-3-19)16(22)15(20)17-6-13-5-14(7-17)9-18(23,8-13)11-17/h12-15,23H,4-11,20H2,1-2H3. The molecule has 0 aromatic heterocycles. The van der Waals surface area contributed by atoms with Crippen molar-refractivity contribution in [3.8, 4) is 6.07 Å². The van der Waals surface area contributed by atoms with Crippen LogP contribution in [0, 0.1) is 34.5 Å². The molecule has 23 heavy (non-hydrogen) atoms. The molecule has 0 radical (unpaired) electrons. The molecule has 4 fully saturated rings. The van der Waals surface area contributed by atoms with Crippen LogP contribution < -0.4 is 5.73 Å². The van der Waals surface area contributed by atoms with Gasteiger partial charge in [-0.1, -0.05) is 13.8 Å². The summed E-state index contributed by atoms with van der Waals surface area (Å²) < 4.78 is 0. The van der Waals surface area contributed by atoms with Crippen LogP contribution in [-0.4, -0.2) is 40.6 Å². The van der Waals surface area contributed by atoms with Crippen LogP contribution in [0.4, 0.5) is 0 Å². The lowest BCUT2D eigenvalue weighted by molar-refractivity contribution is -0.177. The molecular formula is C18H29N3O2. The van der Waals surface area contributed by atoms with Gasteiger partial charge in [-0.2, -0.15) is 5.26 Å². The number of aliphatic hydroxyl groups is 1. The van der Waals surface area contributed by atoms with Gasteiger partial charge in [0.1, 0.15) is 6.54 Å². The number of amides is 1. The van der Waals surface area contributed by atoms with E-state index >= 15 is 0 Å². The van der Waals surface area contributed by atoms with Crippen molar-refractivity contribution in [1.29, 1.82) is 5.26 Å². The molecule has 0 aromatic rings. The molecule has 4 bridgehead atoms. The SMILES string of the molecule is CC(C)CN(CC#N)C(=O)C(N)C12CC3CC(CC(O)(C3)C1)C2. The van der Waals surface area contributed by atoms with Gasteiger partial charge < -0.3 is 15.7 Å². The van der Waals surface area contributed by atoms with E-state index in [2.05, 4.69) is 6.07 Å². The maximum atomic E-state index is 13.0. The highest BCUT2D eigenvalue weighted by molar-refractivity contribution is 5.83. The first kappa shape index (κ1) is 16.7. The van der Waals surface area contributed by atoms with Crippen LogP contribution in [0.3, 0.4) is 0 Å². The zero-order valence-corrected chi connectivity index (χ0v) is 14.3. The molecule has 3 atom stereocenters. The molecule has 0 aromatic carbocycles. The summed E-state index contributed by atoms with van der Waals surface area (Å²) in [6.45, 7) is 4.73. The Morgan fingerprint density at radius 2 is 1.96 bits per heavy atom. The lowest BCUT2D eigenvalue weighted by atomic mass is 9.46. The zero-order valence-electron chi connectivity index (χ0n) is 14.3. The Kier molecular flexibility index (Phi) is 4.18. The summed E-state index contributed by atoms with van der Waals surface area (Å²) in [5, 5.41) is 19.9. The van der Waals surface area contributed by atoms with E-state index in [-0.39, 0.29) is 17.9 Å². The van der Waals surface area contributed by atoms with Crippen molar-refractivity contribution in [3.05, 3.63) is 0 Å². The minimum absolute atomic E-state index is 0.0952. The highest BCUT2D eigenvalue weighted by Crippen LogP contribution is 2.62. The molecule has 3 unspecified atom stereocenters. The minimum Gasteiger partial charge on any atom is -0.390 e. The summed E-state index contributed by atoms with van der Waals surface area (Å²) >= 11 is 0. The number of nitrogens with zero attached hydrogens (tertiary/aromatic N) is 2. The van der Waals surface area contributed by atoms with Crippen molar-refractivity contribution in [1.82, 2.24) is 4.90 Å². The molecule has 4 saturated carbocycles. The van der Waals surface area contributed by atoms with Crippen LogP contribution >= 0.6 is 0 Å². The number of carbonyl (C=O) groups is 1. The van der Waals surface area contributed by atoms with Gasteiger partial charge in [0.25, 0.3) is 0 Å². The summed E-state index contributed by atoms with van der Waals surface area (Å²) in [6.07, 6.45) is 5.50. The van der Waals surface area contributed by atoms with Gasteiger partial charge in [0.15, 0.2) is 0 Å². The average molecular weight is 319 g/mol. The van der Waals surface area contributed by atoms with Crippen LogP contribution in [0.25, 0.3) is 0 Å². The zero-order chi connectivity index (χ0) is 16.8. The quantitative estimate of drug-likeness (QED) is 0.754. The third-order valence-electron chi connectivity index (χ3n) is 6.16. The Morgan fingerprint density at radius 1 is 1.35 bits per heavy atom. The Balaban J connectivity index is 1.80. The lowest BCUT2D eigenvalue weighted by Crippen LogP contribution is -2.64. The molecule has 5 nitrogen and oxygen atoms in total. The second-order valence-electron chi connectivity index (χ2n) is 8.80. The molecule has 1 amide bonds. The van der Waals surface area contributed by atoms with Crippen molar-refractivity contribution >= 4 is 5.91 Å². The van der Waals surface area contributed by atoms with Crippen molar-refractivity contribution < 1.29 is 9.90 Å². The number of hydrogen-bond acceptors (Lipinski definition) is 4. The second kappa shape index (κ2) is 5.75. The summed E-state index contributed by atoms with van der Waals surface area (Å²) in [7, 11) is 0. The van der Waals surface area contributed by atoms with Crippen LogP contribution in [0.15, 0.2) is 0 Å². The Bertz CT molecular complexity index is 511. The number of rotatable bonds is 5. The normalized spacial score (nSPS) is 39.3. The highest BCUT2D eigenvalue weighted by atomic mass is 16.3. The molecule has 4 aliphatic carbocycles. The van der Waals surface area contributed by atoms with Gasteiger partial charge in [0, 0.05) is 6.54 Å². The van der Waals surface area contributed by atoms with Gasteiger partial charge in [0.2, 0.25) is 5.91 Å². The monoisotopic (exact) mass is 319 g/mol. The number of hydrogen-bond donors (Lipinski definition) is 2. The Morgan fingerprint density at radius 3 is 2.43 bits per heavy atom. The first-order valence-corrected chi connectivity index (χ1v) is 8.91. The molecule has 128 valence electrons. The summed E-state index contributed by atoms with van der Waals surface area (Å²) in [6, 6.07) is 1.50. The molecule has 4 aliphatic rings. The van der Waals surface area contributed by atoms with Gasteiger partial charge in [-0.25, -0.2) is 0 Å². The van der Waals surface area contributed by atoms with E-state index in [0.717, 1.165) is 25.7 Å². The Hall–Kier alpha value is -1.12. The third kappa shape index (κ3) is 2.99. The van der Waals surface area contributed by atoms with Crippen LogP contribution in [0.5, 0.6) is 0 Å². The van der Waals surface area contributed by atoms with Crippen molar-refractivity contribution in [2.45, 2.75) is 64.0 Å². The molecule has 5 heteroatoms. The van der Waals surface area contributed by atoms with E-state index in [1.165, 1.54) is 6.42 Å². The van der Waals surface area contributed by atoms with E-state index in [1.807, 2.05) is 13.8 Å². The van der Waals surface area contributed by atoms with E-state index in [1.54, 1.807) is 4.90 Å². The van der Waals surface area contributed by atoms with E-state index in [4.69, 9.17) is 11.0 Å². The first-order valence-electron chi connectivity index (χ1n) is 8.91. The summed E-state index contributed by atoms with van der Waals surface area (Å²) in [5.41, 5.74) is 5.60. The molecule has 0 saturated heterocycles. The molecule has 0 heterocycles. The smallest absolute Gasteiger partial charge is 0.240 e. The van der Waals surface area contributed by atoms with Crippen molar-refractivity contribution in [3.63, 3.8) is 0 Å². The average Bonchev–Trinajstić information content (AvgIpc) is 2.42. The van der Waals surface area contributed by atoms with Gasteiger partial charge >= 0.3 is 0 Å². The predicted molar refractivity (Wildman–Crippen MR) is 87.1 cm³/mol. The Labute approximate surface area is 138 Å². The topological polar surface area (TPSA) is 90.4 Å². The fraction of sp³-hybridized carbons (Fsp3) is 0.889. The van der Waals surface area contributed by atoms with Crippen LogP contribution in [0.1, 0.15) is 52.4 Å². The molecule has 0 aliphatic heterocycles. The maximum absolute atomic E-state index is 13.0. The number of nitriles is 1. The van der Waals surface area contributed by atoms with Gasteiger partial charge in [0.05, 0.1) is 17.7 Å². The number of carbonyl (C=O) groups excluding carboxylic acids is 1. The van der Waals surface area contributed by atoms with Crippen molar-refractivity contribution in [2.24, 2.45) is 28.9 Å². The maximum Gasteiger partial charge on any atom is 0.240 e. The summed E-state index contributed by atoms with van der Waals surface area (Å²) in [4.78, 5) is 14.6. The molecule has 3 N–H and O–H groups in total. The van der Waals surface area contributed by atoms with E-state index in [0.29, 0.717) is 30.7 Å². The van der Waals surface area contributed by atoms with Crippen LogP contribution in [0.2, 0.25) is 0 Å². The summed E-state index contributed by atoms with van der Waals surface area (Å²) in [5.74, 6) is 1.22. The lowest BCUT2D eigenvalue weighted by Gasteiger charge is -2.61. The van der Waals surface area contributed by atoms with Gasteiger partial charge in [-0.15, -0.1) is 0 Å². The van der Waals surface area contributed by atoms with Crippen molar-refractivity contribution in [2.75, 3.05) is 13.1 Å². The molecular weight excluding hydrogens is 290 g/mol. The number of nitrogens with two attached hydrogens (primary N) is 1. The van der Waals surface area contributed by atoms with Crippen LogP contribution in [-0.2, 0) is 4.79 Å². The van der Waals surface area contributed by atoms with Gasteiger partial charge in [-0.05, 0) is 61.7 Å². The largest absolute Gasteiger partial charge is 0.390 e. The van der Waals surface area contributed by atoms with E-state index < -0.39 is 11.6 Å². The van der Waals surface area contributed by atoms with Gasteiger partial charge in [-0.3, -0.25) is 4.79 Å². The fourth-order valence-corrected chi connectivity index (χ4v) is 5.87.